The fourth-order valence-corrected chi connectivity index (χ4v) is 7.68. The topological polar surface area (TPSA) is 191 Å². The van der Waals surface area contributed by atoms with E-state index < -0.39 is 0 Å². The highest BCUT2D eigenvalue weighted by atomic mass is 16.2. The Labute approximate surface area is 502 Å². The second-order valence-electron chi connectivity index (χ2n) is 19.8. The molecule has 0 aromatic heterocycles. The third kappa shape index (κ3) is 35.8. The number of nitrogens with two attached hydrogens (primary N) is 2. The highest BCUT2D eigenvalue weighted by Crippen LogP contribution is 2.22. The number of nitrogens with zero attached hydrogens (tertiary/aromatic N) is 5. The van der Waals surface area contributed by atoms with Crippen LogP contribution < -0.4 is 27.4 Å². The zero-order chi connectivity index (χ0) is 63.7. The predicted molar refractivity (Wildman–Crippen MR) is 361 cm³/mol. The maximum absolute atomic E-state index is 12.8. The number of piperidine rings is 1. The lowest BCUT2D eigenvalue weighted by molar-refractivity contribution is -0.113. The van der Waals surface area contributed by atoms with E-state index in [0.717, 1.165) is 63.8 Å². The van der Waals surface area contributed by atoms with Gasteiger partial charge < -0.3 is 51.7 Å². The number of carbonyl (C=O) groups is 4. The number of aliphatic imine (C=N–C) groups is 2. The van der Waals surface area contributed by atoms with Gasteiger partial charge in [0.15, 0.2) is 0 Å². The van der Waals surface area contributed by atoms with Crippen molar-refractivity contribution in [1.29, 1.82) is 0 Å². The predicted octanol–water partition coefficient (Wildman–Crippen LogP) is 13.2. The fourth-order valence-electron chi connectivity index (χ4n) is 7.68. The Kier molecular flexibility index (Phi) is 48.1. The Morgan fingerprint density at radius 2 is 0.940 bits per heavy atom. The molecule has 1 heterocycles. The van der Waals surface area contributed by atoms with Crippen molar-refractivity contribution in [2.45, 2.75) is 101 Å². The van der Waals surface area contributed by atoms with Crippen LogP contribution in [-0.4, -0.2) is 126 Å². The maximum Gasteiger partial charge on any atom is 0.259 e. The molecule has 4 aromatic rings. The molecule has 0 bridgehead atoms. The van der Waals surface area contributed by atoms with Crippen LogP contribution in [0.5, 0.6) is 0 Å². The van der Waals surface area contributed by atoms with Crippen LogP contribution in [-0.2, 0) is 19.2 Å². The number of allylic oxidation sites excluding steroid dienone is 4. The first-order valence-corrected chi connectivity index (χ1v) is 28.3. The number of amides is 2. The van der Waals surface area contributed by atoms with Crippen molar-refractivity contribution in [3.05, 3.63) is 192 Å². The quantitative estimate of drug-likeness (QED) is 0.0246. The lowest BCUT2D eigenvalue weighted by Gasteiger charge is -2.32. The smallest absolute Gasteiger partial charge is 0.259 e. The zero-order valence-corrected chi connectivity index (χ0v) is 53.4. The first-order valence-electron chi connectivity index (χ1n) is 28.3. The molecule has 14 heteroatoms. The molecule has 2 amide bonds. The van der Waals surface area contributed by atoms with Gasteiger partial charge in [-0.1, -0.05) is 128 Å². The van der Waals surface area contributed by atoms with Gasteiger partial charge in [0.25, 0.3) is 11.8 Å². The molecule has 456 valence electrons. The third-order valence-electron chi connectivity index (χ3n) is 12.8. The number of likely N-dealkylation sites (tertiary alicyclic amines) is 1. The van der Waals surface area contributed by atoms with Crippen LogP contribution in [0.4, 0.5) is 11.4 Å². The summed E-state index contributed by atoms with van der Waals surface area (Å²) in [4.78, 5) is 57.3. The zero-order valence-electron chi connectivity index (χ0n) is 53.4. The number of likely N-dealkylation sites (N-methyl/N-ethyl adjacent to an activating group) is 2. The molecule has 5 rings (SSSR count). The Hall–Kier alpha value is -7.62. The van der Waals surface area contributed by atoms with Crippen molar-refractivity contribution in [2.24, 2.45) is 27.4 Å². The minimum absolute atomic E-state index is 0.217. The van der Waals surface area contributed by atoms with Gasteiger partial charge in [0.1, 0.15) is 25.2 Å². The molecule has 4 aromatic carbocycles. The molecule has 1 fully saturated rings. The van der Waals surface area contributed by atoms with Crippen LogP contribution in [0.1, 0.15) is 109 Å². The van der Waals surface area contributed by atoms with Gasteiger partial charge >= 0.3 is 0 Å². The maximum atomic E-state index is 12.8. The summed E-state index contributed by atoms with van der Waals surface area (Å²) in [6, 6.07) is 35.0. The Bertz CT molecular complexity index is 2380. The SMILES string of the molecule is C=C.C=C.C=O.C=O.CC/C(C)=C(C(=O)Nc1ccccc1)/C(N)=N/C=C(\C)c1ccc(C)cc1.CC/C(C)=C(C(=O)Nc1ccccc1)/C(N)=N/C=C(\C)c1ccc(C)cc1.CCCN1CCC(CCN(C)C)CC1.CNCCN(C)C. The van der Waals surface area contributed by atoms with Gasteiger partial charge in [-0.15, -0.1) is 26.3 Å². The van der Waals surface area contributed by atoms with Crippen molar-refractivity contribution in [2.75, 3.05) is 85.1 Å². The van der Waals surface area contributed by atoms with Crippen molar-refractivity contribution < 1.29 is 19.2 Å². The normalized spacial score (nSPS) is 13.1. The molecule has 0 saturated carbocycles. The van der Waals surface area contributed by atoms with Gasteiger partial charge in [0.2, 0.25) is 0 Å². The summed E-state index contributed by atoms with van der Waals surface area (Å²) in [5.41, 5.74) is 23.0. The molecule has 83 heavy (non-hydrogen) atoms. The number of carbonyl (C=O) groups excluding carboxylic acids is 4. The third-order valence-corrected chi connectivity index (χ3v) is 12.8. The molecule has 7 N–H and O–H groups in total. The standard InChI is InChI=1S/2C23H27N3O.C12H26N2.C5H14N2.2C2H4.2CH2O/c2*1-5-17(3)21(23(27)26-20-9-7-6-8-10-20)22(24)25-15-18(4)19-13-11-16(2)12-14-19;1-4-8-14-10-6-12(7-11-14)5-9-13(2)3;1-6-4-5-7(2)3;4*1-2/h2*6-15H,5H2,1-4H3,(H2,24,25)(H,26,27);12H,4-11H2,1-3H3;6H,4-5H2,1-3H3;2*1-2H2;2*1H2/b2*18-15+,21-17-;;;;;;. The van der Waals surface area contributed by atoms with Crippen LogP contribution in [0.2, 0.25) is 0 Å². The summed E-state index contributed by atoms with van der Waals surface area (Å²) >= 11 is 0. The van der Waals surface area contributed by atoms with Gasteiger partial charge in [0.05, 0.1) is 11.1 Å². The summed E-state index contributed by atoms with van der Waals surface area (Å²) in [5.74, 6) is 0.931. The van der Waals surface area contributed by atoms with Crippen molar-refractivity contribution in [3.63, 3.8) is 0 Å². The van der Waals surface area contributed by atoms with Gasteiger partial charge in [-0.05, 0) is 194 Å². The summed E-state index contributed by atoms with van der Waals surface area (Å²) in [5, 5.41) is 8.83. The molecular weight excluding hydrogens is 1030 g/mol. The number of para-hydroxylation sites is 2. The summed E-state index contributed by atoms with van der Waals surface area (Å²) in [6.07, 6.45) is 10.4. The highest BCUT2D eigenvalue weighted by Gasteiger charge is 2.19. The summed E-state index contributed by atoms with van der Waals surface area (Å²) in [6.45, 7) is 41.6. The molecule has 0 aliphatic carbocycles. The van der Waals surface area contributed by atoms with E-state index in [2.05, 4.69) is 140 Å². The summed E-state index contributed by atoms with van der Waals surface area (Å²) in [7, 11) is 10.4. The molecule has 1 saturated heterocycles. The number of hydrogen-bond acceptors (Lipinski definition) is 10. The van der Waals surface area contributed by atoms with Gasteiger partial charge in [-0.25, -0.2) is 9.98 Å². The van der Waals surface area contributed by atoms with Crippen LogP contribution in [0.25, 0.3) is 11.1 Å². The first-order chi connectivity index (χ1) is 39.8. The Morgan fingerprint density at radius 3 is 1.23 bits per heavy atom. The fraction of sp³-hybridized carbons (Fsp3) is 0.391. The number of hydrogen-bond donors (Lipinski definition) is 5. The monoisotopic (exact) mass is 1140 g/mol. The molecule has 0 unspecified atom stereocenters. The molecule has 1 aliphatic heterocycles. The van der Waals surface area contributed by atoms with Crippen LogP contribution >= 0.6 is 0 Å². The highest BCUT2D eigenvalue weighted by molar-refractivity contribution is 6.25. The number of aryl methyl sites for hydroxylation is 2. The van der Waals surface area contributed by atoms with E-state index >= 15 is 0 Å². The largest absolute Gasteiger partial charge is 0.383 e. The van der Waals surface area contributed by atoms with E-state index in [1.807, 2.05) is 147 Å². The average Bonchev–Trinajstić information content (AvgIpc) is 3.50. The van der Waals surface area contributed by atoms with E-state index in [0.29, 0.717) is 24.0 Å². The number of amidine groups is 2. The number of benzene rings is 4. The molecule has 1 aliphatic rings. The molecule has 14 nitrogen and oxygen atoms in total. The van der Waals surface area contributed by atoms with E-state index in [4.69, 9.17) is 21.1 Å². The lowest BCUT2D eigenvalue weighted by Crippen LogP contribution is -2.35. The number of anilines is 2. The van der Waals surface area contributed by atoms with Gasteiger partial charge in [0, 0.05) is 36.9 Å². The molecule has 0 spiro atoms. The van der Waals surface area contributed by atoms with Crippen molar-refractivity contribution >= 4 is 59.6 Å². The van der Waals surface area contributed by atoms with Crippen LogP contribution in [0.3, 0.4) is 0 Å². The number of rotatable bonds is 20. The molecule has 0 radical (unpaired) electrons. The van der Waals surface area contributed by atoms with Crippen LogP contribution in [0, 0.1) is 19.8 Å². The van der Waals surface area contributed by atoms with Gasteiger partial charge in [-0.2, -0.15) is 0 Å². The molecule has 0 atom stereocenters. The first kappa shape index (κ1) is 79.6. The Balaban J connectivity index is -0.00000106. The van der Waals surface area contributed by atoms with E-state index in [9.17, 15) is 9.59 Å². The van der Waals surface area contributed by atoms with Crippen molar-refractivity contribution in [1.82, 2.24) is 20.0 Å². The van der Waals surface area contributed by atoms with E-state index in [1.165, 1.54) is 63.0 Å². The lowest BCUT2D eigenvalue weighted by atomic mass is 9.93. The number of nitrogens with one attached hydrogen (secondary N) is 3. The minimum atomic E-state index is -0.247. The van der Waals surface area contributed by atoms with Crippen LogP contribution in [0.15, 0.2) is 180 Å². The second kappa shape index (κ2) is 50.1. The Morgan fingerprint density at radius 1 is 0.590 bits per heavy atom. The van der Waals surface area contributed by atoms with E-state index in [1.54, 1.807) is 12.4 Å². The van der Waals surface area contributed by atoms with E-state index in [-0.39, 0.29) is 23.5 Å². The minimum Gasteiger partial charge on any atom is -0.383 e. The second-order valence-corrected chi connectivity index (χ2v) is 19.8. The molecular formula is C69H106N10O4. The van der Waals surface area contributed by atoms with Crippen molar-refractivity contribution in [3.8, 4) is 0 Å². The summed E-state index contributed by atoms with van der Waals surface area (Å²) < 4.78 is 0. The van der Waals surface area contributed by atoms with Gasteiger partial charge in [-0.3, -0.25) is 9.59 Å². The average molecular weight is 1140 g/mol.